The molecule has 1 fully saturated rings. The van der Waals surface area contributed by atoms with E-state index in [0.717, 1.165) is 38.5 Å². The standard InChI is InChI=1S/C36H71NO8/c1-3-5-7-9-11-13-15-17-19-21-23-25-30(39)29(28-44-36-35(43)34(42)33(41)31(27-38)45-36)37-32(40)26-24-22-20-18-16-14-12-10-8-6-4-2/h29-31,33-36,38-39,41-43H,3-28H2,1-2H3,(H,37,40)/t29-,30+,31-,33+,34+,35-,36+/m1/s1. The minimum Gasteiger partial charge on any atom is -0.394 e. The van der Waals surface area contributed by atoms with E-state index in [1.54, 1.807) is 0 Å². The van der Waals surface area contributed by atoms with Gasteiger partial charge in [0.15, 0.2) is 6.29 Å². The molecule has 1 amide bonds. The monoisotopic (exact) mass is 646 g/mol. The Bertz CT molecular complexity index is 681. The first-order valence-corrected chi connectivity index (χ1v) is 18.7. The quantitative estimate of drug-likeness (QED) is 0.0517. The van der Waals surface area contributed by atoms with Crippen LogP contribution in [-0.2, 0) is 14.3 Å². The van der Waals surface area contributed by atoms with Gasteiger partial charge in [0.1, 0.15) is 24.4 Å². The van der Waals surface area contributed by atoms with Gasteiger partial charge in [0.25, 0.3) is 0 Å². The lowest BCUT2D eigenvalue weighted by molar-refractivity contribution is -0.302. The molecule has 1 heterocycles. The Morgan fingerprint density at radius 3 is 1.58 bits per heavy atom. The first-order valence-electron chi connectivity index (χ1n) is 18.7. The van der Waals surface area contributed by atoms with E-state index in [-0.39, 0.29) is 12.5 Å². The summed E-state index contributed by atoms with van der Waals surface area (Å²) >= 11 is 0. The number of nitrogens with one attached hydrogen (secondary N) is 1. The second-order valence-electron chi connectivity index (χ2n) is 13.4. The van der Waals surface area contributed by atoms with E-state index in [0.29, 0.717) is 12.8 Å². The van der Waals surface area contributed by atoms with Crippen LogP contribution in [0.1, 0.15) is 168 Å². The van der Waals surface area contributed by atoms with Crippen molar-refractivity contribution in [1.29, 1.82) is 0 Å². The lowest BCUT2D eigenvalue weighted by Crippen LogP contribution is -2.60. The molecule has 0 radical (unpaired) electrons. The molecule has 0 saturated carbocycles. The molecular formula is C36H71NO8. The van der Waals surface area contributed by atoms with Crippen LogP contribution in [0, 0.1) is 0 Å². The molecule has 0 spiro atoms. The van der Waals surface area contributed by atoms with Gasteiger partial charge < -0.3 is 40.3 Å². The predicted octanol–water partition coefficient (Wildman–Crippen LogP) is 6.05. The Hall–Kier alpha value is -0.810. The molecule has 0 bridgehead atoms. The predicted molar refractivity (Wildman–Crippen MR) is 180 cm³/mol. The summed E-state index contributed by atoms with van der Waals surface area (Å²) in [5.74, 6) is -0.147. The molecule has 268 valence electrons. The second kappa shape index (κ2) is 28.2. The molecule has 0 aromatic rings. The van der Waals surface area contributed by atoms with Crippen LogP contribution < -0.4 is 5.32 Å². The molecule has 1 aliphatic heterocycles. The van der Waals surface area contributed by atoms with E-state index < -0.39 is 49.5 Å². The van der Waals surface area contributed by atoms with Gasteiger partial charge in [0, 0.05) is 6.42 Å². The fourth-order valence-corrected chi connectivity index (χ4v) is 6.10. The molecule has 0 aromatic carbocycles. The van der Waals surface area contributed by atoms with Gasteiger partial charge in [-0.2, -0.15) is 0 Å². The number of hydrogen-bond acceptors (Lipinski definition) is 8. The summed E-state index contributed by atoms with van der Waals surface area (Å²) in [6, 6.07) is -0.708. The number of rotatable bonds is 30. The van der Waals surface area contributed by atoms with Crippen LogP contribution in [0.25, 0.3) is 0 Å². The zero-order valence-corrected chi connectivity index (χ0v) is 28.9. The van der Waals surface area contributed by atoms with Crippen LogP contribution in [0.5, 0.6) is 0 Å². The van der Waals surface area contributed by atoms with E-state index in [9.17, 15) is 30.3 Å². The Morgan fingerprint density at radius 2 is 1.11 bits per heavy atom. The van der Waals surface area contributed by atoms with Gasteiger partial charge in [-0.05, 0) is 12.8 Å². The molecule has 0 aliphatic carbocycles. The fourth-order valence-electron chi connectivity index (χ4n) is 6.10. The van der Waals surface area contributed by atoms with Crippen molar-refractivity contribution in [3.05, 3.63) is 0 Å². The molecule has 0 unspecified atom stereocenters. The van der Waals surface area contributed by atoms with Crippen molar-refractivity contribution in [3.63, 3.8) is 0 Å². The third-order valence-corrected chi connectivity index (χ3v) is 9.21. The third-order valence-electron chi connectivity index (χ3n) is 9.21. The van der Waals surface area contributed by atoms with E-state index in [4.69, 9.17) is 9.47 Å². The van der Waals surface area contributed by atoms with Crippen LogP contribution in [0.2, 0.25) is 0 Å². The number of aliphatic hydroxyl groups is 5. The normalized spacial score (nSPS) is 23.2. The average molecular weight is 646 g/mol. The molecule has 9 nitrogen and oxygen atoms in total. The minimum atomic E-state index is -1.55. The summed E-state index contributed by atoms with van der Waals surface area (Å²) in [6.45, 7) is 3.79. The third kappa shape index (κ3) is 20.2. The van der Waals surface area contributed by atoms with Crippen molar-refractivity contribution < 1.29 is 39.8 Å². The Morgan fingerprint density at radius 1 is 0.667 bits per heavy atom. The molecule has 9 heteroatoms. The lowest BCUT2D eigenvalue weighted by atomic mass is 9.99. The molecule has 1 aliphatic rings. The van der Waals surface area contributed by atoms with Crippen LogP contribution in [-0.4, -0.2) is 87.5 Å². The van der Waals surface area contributed by atoms with Crippen molar-refractivity contribution in [2.45, 2.75) is 211 Å². The lowest BCUT2D eigenvalue weighted by Gasteiger charge is -2.40. The van der Waals surface area contributed by atoms with E-state index in [1.807, 2.05) is 0 Å². The zero-order chi connectivity index (χ0) is 33.1. The van der Waals surface area contributed by atoms with E-state index >= 15 is 0 Å². The highest BCUT2D eigenvalue weighted by Gasteiger charge is 2.44. The first kappa shape index (κ1) is 42.2. The highest BCUT2D eigenvalue weighted by molar-refractivity contribution is 5.76. The van der Waals surface area contributed by atoms with Crippen molar-refractivity contribution in [1.82, 2.24) is 5.32 Å². The number of carbonyl (C=O) groups excluding carboxylic acids is 1. The fraction of sp³-hybridized carbons (Fsp3) is 0.972. The maximum atomic E-state index is 12.8. The summed E-state index contributed by atoms with van der Waals surface area (Å²) in [4.78, 5) is 12.8. The number of aliphatic hydroxyl groups excluding tert-OH is 5. The van der Waals surface area contributed by atoms with Gasteiger partial charge in [-0.3, -0.25) is 4.79 Å². The highest BCUT2D eigenvalue weighted by atomic mass is 16.7. The molecule has 6 N–H and O–H groups in total. The molecule has 1 rings (SSSR count). The first-order chi connectivity index (χ1) is 21.8. The van der Waals surface area contributed by atoms with Crippen LogP contribution in [0.3, 0.4) is 0 Å². The highest BCUT2D eigenvalue weighted by Crippen LogP contribution is 2.23. The second-order valence-corrected chi connectivity index (χ2v) is 13.4. The van der Waals surface area contributed by atoms with Crippen LogP contribution in [0.4, 0.5) is 0 Å². The van der Waals surface area contributed by atoms with Gasteiger partial charge in [0.2, 0.25) is 5.91 Å². The molecule has 1 saturated heterocycles. The van der Waals surface area contributed by atoms with Crippen molar-refractivity contribution >= 4 is 5.91 Å². The van der Waals surface area contributed by atoms with Gasteiger partial charge in [-0.15, -0.1) is 0 Å². The number of amides is 1. The summed E-state index contributed by atoms with van der Waals surface area (Å²) in [5.41, 5.74) is 0. The maximum absolute atomic E-state index is 12.8. The Kier molecular flexibility index (Phi) is 26.5. The summed E-state index contributed by atoms with van der Waals surface area (Å²) in [5, 5.41) is 53.9. The van der Waals surface area contributed by atoms with Gasteiger partial charge >= 0.3 is 0 Å². The minimum absolute atomic E-state index is 0.133. The molecular weight excluding hydrogens is 574 g/mol. The van der Waals surface area contributed by atoms with Crippen molar-refractivity contribution in [2.24, 2.45) is 0 Å². The number of unbranched alkanes of at least 4 members (excludes halogenated alkanes) is 20. The van der Waals surface area contributed by atoms with E-state index in [2.05, 4.69) is 19.2 Å². The molecule has 45 heavy (non-hydrogen) atoms. The van der Waals surface area contributed by atoms with Gasteiger partial charge in [0.05, 0.1) is 25.4 Å². The summed E-state index contributed by atoms with van der Waals surface area (Å²) in [6.07, 6.45) is 19.6. The maximum Gasteiger partial charge on any atom is 0.220 e. The largest absolute Gasteiger partial charge is 0.394 e. The summed E-state index contributed by atoms with van der Waals surface area (Å²) < 4.78 is 11.2. The topological polar surface area (TPSA) is 149 Å². The Labute approximate surface area is 274 Å². The van der Waals surface area contributed by atoms with Gasteiger partial charge in [-0.25, -0.2) is 0 Å². The zero-order valence-electron chi connectivity index (χ0n) is 28.9. The van der Waals surface area contributed by atoms with Crippen LogP contribution >= 0.6 is 0 Å². The van der Waals surface area contributed by atoms with Gasteiger partial charge in [-0.1, -0.05) is 149 Å². The van der Waals surface area contributed by atoms with Crippen LogP contribution in [0.15, 0.2) is 0 Å². The SMILES string of the molecule is CCCCCCCCCCCCCC(=O)N[C@H](CO[C@H]1O[C@H](CO)[C@H](O)[C@H](O)[C@H]1O)[C@@H](O)CCCCCCCCCCCCC. The summed E-state index contributed by atoms with van der Waals surface area (Å²) in [7, 11) is 0. The Balaban J connectivity index is 2.44. The van der Waals surface area contributed by atoms with E-state index in [1.165, 1.54) is 103 Å². The average Bonchev–Trinajstić information content (AvgIpc) is 3.04. The van der Waals surface area contributed by atoms with Crippen molar-refractivity contribution in [3.8, 4) is 0 Å². The smallest absolute Gasteiger partial charge is 0.220 e. The number of hydrogen-bond donors (Lipinski definition) is 6. The van der Waals surface area contributed by atoms with Crippen molar-refractivity contribution in [2.75, 3.05) is 13.2 Å². The molecule has 0 aromatic heterocycles. The number of ether oxygens (including phenoxy) is 2. The molecule has 7 atom stereocenters. The number of carbonyl (C=O) groups is 1.